The second-order valence-corrected chi connectivity index (χ2v) is 8.21. The van der Waals surface area contributed by atoms with E-state index < -0.39 is 23.1 Å². The first-order valence-electron chi connectivity index (χ1n) is 11.7. The third kappa shape index (κ3) is 6.82. The summed E-state index contributed by atoms with van der Waals surface area (Å²) in [5.74, 6) is -0.482. The Kier molecular flexibility index (Phi) is 10.1. The number of aromatic amines is 1. The molecule has 0 saturated heterocycles. The van der Waals surface area contributed by atoms with Crippen molar-refractivity contribution in [2.24, 2.45) is 0 Å². The van der Waals surface area contributed by atoms with Crippen LogP contribution >= 0.6 is 0 Å². The second-order valence-electron chi connectivity index (χ2n) is 8.21. The number of nitrogens with two attached hydrogens (primary N) is 1. The summed E-state index contributed by atoms with van der Waals surface area (Å²) in [6.07, 6.45) is 3.59. The van der Waals surface area contributed by atoms with Crippen molar-refractivity contribution in [3.8, 4) is 0 Å². The number of anilines is 2. The van der Waals surface area contributed by atoms with Crippen LogP contribution in [0.25, 0.3) is 0 Å². The number of hydrogen-bond acceptors (Lipinski definition) is 8. The summed E-state index contributed by atoms with van der Waals surface area (Å²) < 4.78 is 11.6. The van der Waals surface area contributed by atoms with Gasteiger partial charge >= 0.3 is 11.7 Å². The van der Waals surface area contributed by atoms with E-state index in [1.165, 1.54) is 9.47 Å². The van der Waals surface area contributed by atoms with Crippen LogP contribution in [0.3, 0.4) is 0 Å². The van der Waals surface area contributed by atoms with E-state index in [9.17, 15) is 19.2 Å². The van der Waals surface area contributed by atoms with Crippen LogP contribution in [0.2, 0.25) is 0 Å². The second kappa shape index (κ2) is 12.8. The summed E-state index contributed by atoms with van der Waals surface area (Å²) in [5, 5.41) is 3.81. The zero-order chi connectivity index (χ0) is 25.3. The van der Waals surface area contributed by atoms with Crippen molar-refractivity contribution in [3.05, 3.63) is 37.9 Å². The van der Waals surface area contributed by atoms with E-state index in [1.807, 2.05) is 13.8 Å². The van der Waals surface area contributed by atoms with Crippen LogP contribution in [0.1, 0.15) is 75.8 Å². The molecule has 0 saturated carbocycles. The molecule has 0 aliphatic carbocycles. The van der Waals surface area contributed by atoms with E-state index in [0.717, 1.165) is 19.3 Å². The summed E-state index contributed by atoms with van der Waals surface area (Å²) in [6, 6.07) is 0. The molecule has 0 radical (unpaired) electrons. The third-order valence-electron chi connectivity index (χ3n) is 5.61. The van der Waals surface area contributed by atoms with E-state index in [-0.39, 0.29) is 37.5 Å². The number of aromatic nitrogens is 3. The maximum Gasteiger partial charge on any atom is 0.330 e. The SMILES string of the molecule is CCCCCN(C(=O)CCC(=O)OCc1c(C)noc1C)c1c(N)n(CCCC)c(=O)[nH]c1=O. The van der Waals surface area contributed by atoms with Gasteiger partial charge < -0.3 is 19.9 Å². The summed E-state index contributed by atoms with van der Waals surface area (Å²) in [4.78, 5) is 53.8. The zero-order valence-corrected chi connectivity index (χ0v) is 20.4. The smallest absolute Gasteiger partial charge is 0.330 e. The monoisotopic (exact) mass is 477 g/mol. The highest BCUT2D eigenvalue weighted by Gasteiger charge is 2.24. The fourth-order valence-corrected chi connectivity index (χ4v) is 3.53. The molecule has 0 spiro atoms. The molecular weight excluding hydrogens is 442 g/mol. The lowest BCUT2D eigenvalue weighted by Crippen LogP contribution is -2.41. The molecule has 34 heavy (non-hydrogen) atoms. The molecule has 188 valence electrons. The van der Waals surface area contributed by atoms with Gasteiger partial charge in [0.05, 0.1) is 17.7 Å². The summed E-state index contributed by atoms with van der Waals surface area (Å²) in [5.41, 5.74) is 6.14. The highest BCUT2D eigenvalue weighted by Crippen LogP contribution is 2.20. The van der Waals surface area contributed by atoms with Crippen molar-refractivity contribution in [1.82, 2.24) is 14.7 Å². The van der Waals surface area contributed by atoms with Crippen LogP contribution in [0.4, 0.5) is 11.5 Å². The van der Waals surface area contributed by atoms with Crippen molar-refractivity contribution < 1.29 is 18.8 Å². The number of nitrogens with zero attached hydrogens (tertiary/aromatic N) is 3. The molecule has 11 heteroatoms. The minimum absolute atomic E-state index is 0.00338. The predicted octanol–water partition coefficient (Wildman–Crippen LogP) is 2.57. The third-order valence-corrected chi connectivity index (χ3v) is 5.61. The average Bonchev–Trinajstić information content (AvgIpc) is 3.11. The van der Waals surface area contributed by atoms with Crippen LogP contribution in [-0.4, -0.2) is 33.1 Å². The quantitative estimate of drug-likeness (QED) is 0.330. The first-order valence-corrected chi connectivity index (χ1v) is 11.7. The Morgan fingerprint density at radius 2 is 1.82 bits per heavy atom. The molecule has 0 aromatic carbocycles. The first kappa shape index (κ1) is 26.9. The largest absolute Gasteiger partial charge is 0.461 e. The molecule has 0 atom stereocenters. The number of unbranched alkanes of at least 4 members (excludes halogenated alkanes) is 3. The molecule has 1 amide bonds. The fraction of sp³-hybridized carbons (Fsp3) is 0.609. The molecule has 2 aromatic heterocycles. The Balaban J connectivity index is 2.17. The number of esters is 1. The minimum atomic E-state index is -0.721. The predicted molar refractivity (Wildman–Crippen MR) is 128 cm³/mol. The van der Waals surface area contributed by atoms with Crippen LogP contribution in [0.15, 0.2) is 14.1 Å². The number of H-pyrrole nitrogens is 1. The fourth-order valence-electron chi connectivity index (χ4n) is 3.53. The van der Waals surface area contributed by atoms with E-state index in [2.05, 4.69) is 10.1 Å². The summed E-state index contributed by atoms with van der Waals surface area (Å²) in [6.45, 7) is 8.05. The topological polar surface area (TPSA) is 154 Å². The van der Waals surface area contributed by atoms with Crippen LogP contribution in [-0.2, 0) is 27.5 Å². The van der Waals surface area contributed by atoms with Gasteiger partial charge in [-0.1, -0.05) is 38.3 Å². The lowest BCUT2D eigenvalue weighted by Gasteiger charge is -2.24. The molecule has 0 unspecified atom stereocenters. The van der Waals surface area contributed by atoms with Gasteiger partial charge in [-0.05, 0) is 26.7 Å². The van der Waals surface area contributed by atoms with Gasteiger partial charge in [0.15, 0.2) is 5.69 Å². The number of carbonyl (C=O) groups is 2. The Morgan fingerprint density at radius 3 is 2.44 bits per heavy atom. The molecule has 2 aromatic rings. The molecule has 2 rings (SSSR count). The number of nitrogens with one attached hydrogen (secondary N) is 1. The first-order chi connectivity index (χ1) is 16.2. The lowest BCUT2D eigenvalue weighted by molar-refractivity contribution is -0.146. The van der Waals surface area contributed by atoms with Crippen LogP contribution in [0.5, 0.6) is 0 Å². The van der Waals surface area contributed by atoms with Crippen LogP contribution < -0.4 is 21.9 Å². The van der Waals surface area contributed by atoms with Gasteiger partial charge in [-0.15, -0.1) is 0 Å². The van der Waals surface area contributed by atoms with Gasteiger partial charge in [-0.3, -0.25) is 23.9 Å². The van der Waals surface area contributed by atoms with Gasteiger partial charge in [0.1, 0.15) is 18.2 Å². The molecule has 0 aliphatic heterocycles. The van der Waals surface area contributed by atoms with E-state index in [4.69, 9.17) is 15.0 Å². The van der Waals surface area contributed by atoms with Gasteiger partial charge in [0.2, 0.25) is 5.91 Å². The van der Waals surface area contributed by atoms with Crippen molar-refractivity contribution in [3.63, 3.8) is 0 Å². The Hall–Kier alpha value is -3.37. The molecule has 11 nitrogen and oxygen atoms in total. The normalized spacial score (nSPS) is 10.9. The number of ether oxygens (including phenoxy) is 1. The van der Waals surface area contributed by atoms with Crippen molar-refractivity contribution in [1.29, 1.82) is 0 Å². The highest BCUT2D eigenvalue weighted by atomic mass is 16.5. The lowest BCUT2D eigenvalue weighted by atomic mass is 10.2. The van der Waals surface area contributed by atoms with Gasteiger partial charge in [-0.25, -0.2) is 4.79 Å². The molecular formula is C23H35N5O6. The van der Waals surface area contributed by atoms with Gasteiger partial charge in [-0.2, -0.15) is 0 Å². The minimum Gasteiger partial charge on any atom is -0.461 e. The van der Waals surface area contributed by atoms with Crippen molar-refractivity contribution in [2.75, 3.05) is 17.2 Å². The maximum absolute atomic E-state index is 13.1. The standard InChI is InChI=1S/C23H35N5O6/c1-5-7-9-13-27(20-21(24)28(12-8-6-2)23(32)25-22(20)31)18(29)10-11-19(30)33-14-17-15(3)26-34-16(17)4/h5-14,24H2,1-4H3,(H,25,31,32). The molecule has 0 bridgehead atoms. The molecule has 2 heterocycles. The van der Waals surface area contributed by atoms with Crippen LogP contribution in [0, 0.1) is 13.8 Å². The van der Waals surface area contributed by atoms with Crippen molar-refractivity contribution in [2.45, 2.75) is 85.8 Å². The summed E-state index contributed by atoms with van der Waals surface area (Å²) in [7, 11) is 0. The van der Waals surface area contributed by atoms with Gasteiger partial charge in [0, 0.05) is 19.5 Å². The molecule has 0 aliphatic rings. The van der Waals surface area contributed by atoms with E-state index >= 15 is 0 Å². The van der Waals surface area contributed by atoms with E-state index in [0.29, 0.717) is 36.4 Å². The Labute approximate surface area is 198 Å². The van der Waals surface area contributed by atoms with E-state index in [1.54, 1.807) is 13.8 Å². The Morgan fingerprint density at radius 1 is 1.12 bits per heavy atom. The number of amides is 1. The zero-order valence-electron chi connectivity index (χ0n) is 20.4. The van der Waals surface area contributed by atoms with Crippen molar-refractivity contribution >= 4 is 23.4 Å². The summed E-state index contributed by atoms with van der Waals surface area (Å²) >= 11 is 0. The van der Waals surface area contributed by atoms with Gasteiger partial charge in [0.25, 0.3) is 5.56 Å². The number of aryl methyl sites for hydroxylation is 2. The number of carbonyl (C=O) groups excluding carboxylic acids is 2. The number of nitrogen functional groups attached to an aromatic ring is 1. The molecule has 3 N–H and O–H groups in total. The average molecular weight is 478 g/mol. The Bertz CT molecular complexity index is 1080. The maximum atomic E-state index is 13.1. The number of hydrogen-bond donors (Lipinski definition) is 2. The molecule has 0 fully saturated rings. The number of rotatable bonds is 13. The highest BCUT2D eigenvalue weighted by molar-refractivity contribution is 5.96.